The maximum Gasteiger partial charge on any atom is 0.228 e. The van der Waals surface area contributed by atoms with Crippen molar-refractivity contribution in [2.24, 2.45) is 10.4 Å². The molecule has 1 saturated heterocycles. The van der Waals surface area contributed by atoms with E-state index in [1.165, 1.54) is 6.42 Å². The highest BCUT2D eigenvalue weighted by molar-refractivity contribution is 5.80. The van der Waals surface area contributed by atoms with Crippen LogP contribution in [-0.4, -0.2) is 47.7 Å². The first-order chi connectivity index (χ1) is 9.00. The van der Waals surface area contributed by atoms with Crippen LogP contribution in [0.4, 0.5) is 0 Å². The number of rotatable bonds is 3. The van der Waals surface area contributed by atoms with Gasteiger partial charge in [-0.05, 0) is 18.8 Å². The van der Waals surface area contributed by atoms with E-state index in [0.717, 1.165) is 32.0 Å². The molecular formula is C13H23N5O. The molecule has 0 amide bonds. The van der Waals surface area contributed by atoms with Crippen molar-refractivity contribution in [3.05, 3.63) is 11.7 Å². The Labute approximate surface area is 114 Å². The SMILES string of the molecule is CN=C(NCCc1nc(C)no1)N1CCC(C)(C)C1. The highest BCUT2D eigenvalue weighted by Crippen LogP contribution is 2.28. The minimum absolute atomic E-state index is 0.376. The van der Waals surface area contributed by atoms with Crippen molar-refractivity contribution in [3.8, 4) is 0 Å². The van der Waals surface area contributed by atoms with Gasteiger partial charge in [-0.2, -0.15) is 4.98 Å². The summed E-state index contributed by atoms with van der Waals surface area (Å²) in [5.74, 6) is 2.31. The molecule has 1 aliphatic heterocycles. The molecular weight excluding hydrogens is 242 g/mol. The molecule has 106 valence electrons. The fourth-order valence-corrected chi connectivity index (χ4v) is 2.35. The lowest BCUT2D eigenvalue weighted by Crippen LogP contribution is -2.41. The van der Waals surface area contributed by atoms with E-state index in [-0.39, 0.29) is 0 Å². The molecule has 0 saturated carbocycles. The lowest BCUT2D eigenvalue weighted by atomic mass is 9.93. The van der Waals surface area contributed by atoms with Crippen molar-refractivity contribution in [2.45, 2.75) is 33.6 Å². The third-order valence-electron chi connectivity index (χ3n) is 3.38. The molecule has 0 bridgehead atoms. The fourth-order valence-electron chi connectivity index (χ4n) is 2.35. The van der Waals surface area contributed by atoms with Gasteiger partial charge in [-0.15, -0.1) is 0 Å². The van der Waals surface area contributed by atoms with E-state index < -0.39 is 0 Å². The number of hydrogen-bond donors (Lipinski definition) is 1. The van der Waals surface area contributed by atoms with Gasteiger partial charge < -0.3 is 14.7 Å². The third kappa shape index (κ3) is 3.68. The number of nitrogens with zero attached hydrogens (tertiary/aromatic N) is 4. The summed E-state index contributed by atoms with van der Waals surface area (Å²) in [7, 11) is 1.82. The quantitative estimate of drug-likeness (QED) is 0.657. The Kier molecular flexibility index (Phi) is 4.07. The van der Waals surface area contributed by atoms with Gasteiger partial charge in [0.25, 0.3) is 0 Å². The summed E-state index contributed by atoms with van der Waals surface area (Å²) >= 11 is 0. The van der Waals surface area contributed by atoms with Gasteiger partial charge in [0.1, 0.15) is 0 Å². The largest absolute Gasteiger partial charge is 0.356 e. The summed E-state index contributed by atoms with van der Waals surface area (Å²) in [6, 6.07) is 0. The Morgan fingerprint density at radius 1 is 1.53 bits per heavy atom. The second kappa shape index (κ2) is 5.59. The van der Waals surface area contributed by atoms with Crippen molar-refractivity contribution in [2.75, 3.05) is 26.7 Å². The monoisotopic (exact) mass is 265 g/mol. The molecule has 0 unspecified atom stereocenters. The van der Waals surface area contributed by atoms with Crippen LogP contribution in [0.3, 0.4) is 0 Å². The Balaban J connectivity index is 1.81. The summed E-state index contributed by atoms with van der Waals surface area (Å²) in [6.07, 6.45) is 1.92. The highest BCUT2D eigenvalue weighted by atomic mass is 16.5. The Bertz CT molecular complexity index is 452. The van der Waals surface area contributed by atoms with Crippen molar-refractivity contribution in [1.82, 2.24) is 20.4 Å². The van der Waals surface area contributed by atoms with Gasteiger partial charge in [-0.25, -0.2) is 0 Å². The number of guanidine groups is 1. The van der Waals surface area contributed by atoms with Crippen LogP contribution in [0.2, 0.25) is 0 Å². The van der Waals surface area contributed by atoms with Crippen LogP contribution in [0.1, 0.15) is 32.0 Å². The van der Waals surface area contributed by atoms with Gasteiger partial charge in [-0.3, -0.25) is 4.99 Å². The van der Waals surface area contributed by atoms with E-state index in [1.54, 1.807) is 0 Å². The van der Waals surface area contributed by atoms with Crippen molar-refractivity contribution in [3.63, 3.8) is 0 Å². The molecule has 1 aromatic rings. The van der Waals surface area contributed by atoms with E-state index in [0.29, 0.717) is 17.1 Å². The van der Waals surface area contributed by atoms with Crippen LogP contribution in [0.15, 0.2) is 9.52 Å². The molecule has 1 aromatic heterocycles. The first-order valence-corrected chi connectivity index (χ1v) is 6.75. The lowest BCUT2D eigenvalue weighted by Gasteiger charge is -2.23. The van der Waals surface area contributed by atoms with Crippen molar-refractivity contribution < 1.29 is 4.52 Å². The maximum atomic E-state index is 5.08. The molecule has 19 heavy (non-hydrogen) atoms. The number of likely N-dealkylation sites (tertiary alicyclic amines) is 1. The molecule has 1 N–H and O–H groups in total. The first-order valence-electron chi connectivity index (χ1n) is 6.75. The average Bonchev–Trinajstić information content (AvgIpc) is 2.91. The number of aryl methyl sites for hydroxylation is 1. The van der Waals surface area contributed by atoms with E-state index in [1.807, 2.05) is 14.0 Å². The normalized spacial score (nSPS) is 18.9. The van der Waals surface area contributed by atoms with E-state index in [9.17, 15) is 0 Å². The molecule has 0 radical (unpaired) electrons. The smallest absolute Gasteiger partial charge is 0.228 e. The van der Waals surface area contributed by atoms with Crippen LogP contribution in [0.25, 0.3) is 0 Å². The molecule has 1 aliphatic rings. The van der Waals surface area contributed by atoms with E-state index in [2.05, 4.69) is 39.2 Å². The molecule has 6 heteroatoms. The van der Waals surface area contributed by atoms with Gasteiger partial charge in [0.2, 0.25) is 5.89 Å². The average molecular weight is 265 g/mol. The Morgan fingerprint density at radius 2 is 2.32 bits per heavy atom. The zero-order valence-electron chi connectivity index (χ0n) is 12.2. The van der Waals surface area contributed by atoms with Gasteiger partial charge in [-0.1, -0.05) is 19.0 Å². The zero-order valence-corrected chi connectivity index (χ0v) is 12.2. The lowest BCUT2D eigenvalue weighted by molar-refractivity contribution is 0.365. The molecule has 0 aliphatic carbocycles. The molecule has 6 nitrogen and oxygen atoms in total. The molecule has 0 aromatic carbocycles. The molecule has 2 heterocycles. The number of nitrogens with one attached hydrogen (secondary N) is 1. The third-order valence-corrected chi connectivity index (χ3v) is 3.38. The summed E-state index contributed by atoms with van der Waals surface area (Å²) in [6.45, 7) is 9.28. The summed E-state index contributed by atoms with van der Waals surface area (Å²) < 4.78 is 5.08. The Hall–Kier alpha value is -1.59. The number of aromatic nitrogens is 2. The van der Waals surface area contributed by atoms with Crippen molar-refractivity contribution >= 4 is 5.96 Å². The second-order valence-corrected chi connectivity index (χ2v) is 5.80. The van der Waals surface area contributed by atoms with E-state index in [4.69, 9.17) is 4.52 Å². The molecule has 2 rings (SSSR count). The van der Waals surface area contributed by atoms with E-state index >= 15 is 0 Å². The highest BCUT2D eigenvalue weighted by Gasteiger charge is 2.30. The standard InChI is InChI=1S/C13H23N5O/c1-10-16-11(19-17-10)5-7-15-12(14-4)18-8-6-13(2,3)9-18/h5-9H2,1-4H3,(H,14,15). The van der Waals surface area contributed by atoms with Crippen LogP contribution >= 0.6 is 0 Å². The summed E-state index contributed by atoms with van der Waals surface area (Å²) in [5.41, 5.74) is 0.376. The summed E-state index contributed by atoms with van der Waals surface area (Å²) in [5, 5.41) is 7.13. The van der Waals surface area contributed by atoms with Crippen molar-refractivity contribution in [1.29, 1.82) is 0 Å². The molecule has 1 fully saturated rings. The minimum atomic E-state index is 0.376. The first kappa shape index (κ1) is 13.8. The predicted octanol–water partition coefficient (Wildman–Crippen LogP) is 1.23. The zero-order chi connectivity index (χ0) is 13.9. The van der Waals surface area contributed by atoms with Crippen LogP contribution < -0.4 is 5.32 Å². The van der Waals surface area contributed by atoms with Gasteiger partial charge in [0.05, 0.1) is 0 Å². The van der Waals surface area contributed by atoms with Gasteiger partial charge in [0.15, 0.2) is 11.8 Å². The van der Waals surface area contributed by atoms with Gasteiger partial charge in [0, 0.05) is 33.1 Å². The number of aliphatic imine (C=N–C) groups is 1. The minimum Gasteiger partial charge on any atom is -0.356 e. The van der Waals surface area contributed by atoms with Gasteiger partial charge >= 0.3 is 0 Å². The van der Waals surface area contributed by atoms with Crippen LogP contribution in [0, 0.1) is 12.3 Å². The van der Waals surface area contributed by atoms with Crippen LogP contribution in [-0.2, 0) is 6.42 Å². The molecule has 0 spiro atoms. The fraction of sp³-hybridized carbons (Fsp3) is 0.769. The topological polar surface area (TPSA) is 66.5 Å². The second-order valence-electron chi connectivity index (χ2n) is 5.80. The molecule has 0 atom stereocenters. The predicted molar refractivity (Wildman–Crippen MR) is 74.1 cm³/mol. The Morgan fingerprint density at radius 3 is 2.84 bits per heavy atom. The number of hydrogen-bond acceptors (Lipinski definition) is 4. The summed E-state index contributed by atoms with van der Waals surface area (Å²) in [4.78, 5) is 10.8. The maximum absolute atomic E-state index is 5.08. The van der Waals surface area contributed by atoms with Crippen LogP contribution in [0.5, 0.6) is 0 Å².